The van der Waals surface area contributed by atoms with E-state index in [-0.39, 0.29) is 0 Å². The van der Waals surface area contributed by atoms with Gasteiger partial charge in [-0.25, -0.2) is 0 Å². The Morgan fingerprint density at radius 1 is 0.955 bits per heavy atom. The van der Waals surface area contributed by atoms with Crippen LogP contribution in [0.1, 0.15) is 58.3 Å². The van der Waals surface area contributed by atoms with Crippen LogP contribution in [0.15, 0.2) is 0 Å². The van der Waals surface area contributed by atoms with Crippen molar-refractivity contribution in [1.82, 2.24) is 0 Å². The summed E-state index contributed by atoms with van der Waals surface area (Å²) in [4.78, 5) is 41.8. The molecule has 2 aliphatic rings. The molecule has 8 nitrogen and oxygen atoms in total. The van der Waals surface area contributed by atoms with Crippen molar-refractivity contribution in [3.8, 4) is 0 Å². The van der Waals surface area contributed by atoms with Crippen molar-refractivity contribution in [3.05, 3.63) is 0 Å². The van der Waals surface area contributed by atoms with Crippen LogP contribution in [-0.4, -0.2) is 33.7 Å². The molecule has 2 rings (SSSR count). The summed E-state index contributed by atoms with van der Waals surface area (Å²) in [6, 6.07) is 0. The molecule has 0 radical (unpaired) electrons. The lowest BCUT2D eigenvalue weighted by atomic mass is 9.87. The molecule has 2 saturated heterocycles. The molecule has 8 heteroatoms. The summed E-state index contributed by atoms with van der Waals surface area (Å²) in [5, 5.41) is 18.1. The summed E-state index contributed by atoms with van der Waals surface area (Å²) in [5.74, 6) is -6.90. The summed E-state index contributed by atoms with van der Waals surface area (Å²) in [6.07, 6.45) is 6.09. The number of hydrogen-bond donors (Lipinski definition) is 2. The molecule has 2 heterocycles. The van der Waals surface area contributed by atoms with E-state index in [1.165, 1.54) is 6.42 Å². The maximum absolute atomic E-state index is 11.3. The fourth-order valence-corrected chi connectivity index (χ4v) is 2.67. The van der Waals surface area contributed by atoms with E-state index in [1.807, 2.05) is 0 Å². The van der Waals surface area contributed by atoms with Gasteiger partial charge in [-0.1, -0.05) is 39.0 Å². The van der Waals surface area contributed by atoms with E-state index in [2.05, 4.69) is 6.92 Å². The Hall–Kier alpha value is -1.22. The molecule has 1 atom stereocenters. The fourth-order valence-electron chi connectivity index (χ4n) is 2.67. The highest BCUT2D eigenvalue weighted by Crippen LogP contribution is 2.58. The smallest absolute Gasteiger partial charge is 0.313 e. The summed E-state index contributed by atoms with van der Waals surface area (Å²) < 4.78 is 0. The van der Waals surface area contributed by atoms with Crippen molar-refractivity contribution in [1.29, 1.82) is 0 Å². The van der Waals surface area contributed by atoms with E-state index in [0.29, 0.717) is 6.42 Å². The number of rotatable bonds is 12. The Kier molecular flexibility index (Phi) is 5.38. The maximum atomic E-state index is 11.3. The molecule has 0 amide bonds. The summed E-state index contributed by atoms with van der Waals surface area (Å²) in [6.45, 7) is 2.14. The quantitative estimate of drug-likeness (QED) is 0.319. The van der Waals surface area contributed by atoms with Crippen molar-refractivity contribution in [2.24, 2.45) is 5.92 Å². The van der Waals surface area contributed by atoms with Crippen molar-refractivity contribution >= 4 is 11.9 Å². The lowest BCUT2D eigenvalue weighted by molar-refractivity contribution is -0.153. The van der Waals surface area contributed by atoms with Gasteiger partial charge in [0, 0.05) is 6.42 Å². The molecule has 2 aliphatic heterocycles. The van der Waals surface area contributed by atoms with Crippen molar-refractivity contribution in [2.75, 3.05) is 0 Å². The lowest BCUT2D eigenvalue weighted by Gasteiger charge is -2.17. The third kappa shape index (κ3) is 3.57. The van der Waals surface area contributed by atoms with Crippen LogP contribution in [0.2, 0.25) is 0 Å². The summed E-state index contributed by atoms with van der Waals surface area (Å²) in [7, 11) is 0. The highest BCUT2D eigenvalue weighted by molar-refractivity contribution is 5.79. The Balaban J connectivity index is 1.88. The van der Waals surface area contributed by atoms with Gasteiger partial charge >= 0.3 is 17.7 Å². The predicted octanol–water partition coefficient (Wildman–Crippen LogP) is 2.23. The topological polar surface area (TPSA) is 125 Å². The minimum Gasteiger partial charge on any atom is -0.481 e. The number of carboxylic acid groups (broad SMARTS) is 2. The van der Waals surface area contributed by atoms with E-state index in [0.717, 1.165) is 32.1 Å². The van der Waals surface area contributed by atoms with E-state index >= 15 is 0 Å². The first-order valence-corrected chi connectivity index (χ1v) is 7.66. The lowest BCUT2D eigenvalue weighted by Crippen LogP contribution is -2.44. The minimum absolute atomic E-state index is 0.405. The molecule has 1 unspecified atom stereocenters. The monoisotopic (exact) mass is 318 g/mol. The van der Waals surface area contributed by atoms with Gasteiger partial charge in [-0.3, -0.25) is 9.59 Å². The average molecular weight is 318 g/mol. The predicted molar refractivity (Wildman–Crippen MR) is 71.2 cm³/mol. The van der Waals surface area contributed by atoms with Crippen molar-refractivity contribution < 1.29 is 39.4 Å². The minimum atomic E-state index is -1.65. The second-order valence-corrected chi connectivity index (χ2v) is 5.76. The first-order chi connectivity index (χ1) is 10.5. The molecule has 0 aromatic heterocycles. The zero-order valence-corrected chi connectivity index (χ0v) is 12.6. The molecule has 0 aromatic carbocycles. The summed E-state index contributed by atoms with van der Waals surface area (Å²) in [5.41, 5.74) is 0. The number of carbonyl (C=O) groups is 2. The number of carboxylic acids is 2. The third-order valence-corrected chi connectivity index (χ3v) is 4.07. The van der Waals surface area contributed by atoms with Gasteiger partial charge in [0.15, 0.2) is 0 Å². The first kappa shape index (κ1) is 17.1. The van der Waals surface area contributed by atoms with Gasteiger partial charge in [0.05, 0.1) is 6.42 Å². The second-order valence-electron chi connectivity index (χ2n) is 5.76. The van der Waals surface area contributed by atoms with Crippen LogP contribution in [0.5, 0.6) is 0 Å². The molecule has 126 valence electrons. The van der Waals surface area contributed by atoms with Crippen molar-refractivity contribution in [3.63, 3.8) is 0 Å². The Labute approximate surface area is 128 Å². The van der Waals surface area contributed by atoms with E-state index in [9.17, 15) is 14.7 Å². The first-order valence-electron chi connectivity index (χ1n) is 7.66. The van der Waals surface area contributed by atoms with Crippen LogP contribution in [0.4, 0.5) is 0 Å². The maximum Gasteiger partial charge on any atom is 0.313 e. The highest BCUT2D eigenvalue weighted by Gasteiger charge is 2.81. The molecule has 0 spiro atoms. The Bertz CT molecular complexity index is 413. The zero-order valence-electron chi connectivity index (χ0n) is 12.6. The molecule has 0 aliphatic carbocycles. The molecule has 2 fully saturated rings. The van der Waals surface area contributed by atoms with Gasteiger partial charge in [-0.2, -0.15) is 19.6 Å². The van der Waals surface area contributed by atoms with Crippen LogP contribution < -0.4 is 0 Å². The van der Waals surface area contributed by atoms with E-state index in [1.54, 1.807) is 0 Å². The molecular formula is C14H22O8. The molecular weight excluding hydrogens is 296 g/mol. The van der Waals surface area contributed by atoms with Gasteiger partial charge in [0.2, 0.25) is 0 Å². The van der Waals surface area contributed by atoms with Gasteiger partial charge in [-0.15, -0.1) is 0 Å². The molecule has 0 aromatic rings. The van der Waals surface area contributed by atoms with Crippen LogP contribution >= 0.6 is 0 Å². The Morgan fingerprint density at radius 2 is 1.55 bits per heavy atom. The largest absolute Gasteiger partial charge is 0.481 e. The normalized spacial score (nSPS) is 22.0. The highest BCUT2D eigenvalue weighted by atomic mass is 17.5. The second kappa shape index (κ2) is 6.91. The number of aliphatic carboxylic acids is 2. The van der Waals surface area contributed by atoms with Gasteiger partial charge in [0.1, 0.15) is 5.92 Å². The zero-order chi connectivity index (χ0) is 16.2. The van der Waals surface area contributed by atoms with Gasteiger partial charge in [0.25, 0.3) is 5.79 Å². The molecule has 0 bridgehead atoms. The van der Waals surface area contributed by atoms with Crippen LogP contribution in [-0.2, 0) is 29.1 Å². The van der Waals surface area contributed by atoms with Gasteiger partial charge in [-0.05, 0) is 6.42 Å². The summed E-state index contributed by atoms with van der Waals surface area (Å²) >= 11 is 0. The van der Waals surface area contributed by atoms with Crippen LogP contribution in [0, 0.1) is 5.92 Å². The SMILES string of the molecule is CCCCCCCCC1(C2(C(CC(=O)O)C(=O)O)OO2)OO1. The van der Waals surface area contributed by atoms with Crippen LogP contribution in [0.25, 0.3) is 0 Å². The van der Waals surface area contributed by atoms with Crippen molar-refractivity contribution in [2.45, 2.75) is 69.9 Å². The third-order valence-electron chi connectivity index (χ3n) is 4.07. The molecule has 2 N–H and O–H groups in total. The molecule has 22 heavy (non-hydrogen) atoms. The van der Waals surface area contributed by atoms with E-state index in [4.69, 9.17) is 24.7 Å². The average Bonchev–Trinajstić information content (AvgIpc) is 3.33. The van der Waals surface area contributed by atoms with Gasteiger partial charge < -0.3 is 10.2 Å². The van der Waals surface area contributed by atoms with Crippen LogP contribution in [0.3, 0.4) is 0 Å². The van der Waals surface area contributed by atoms with E-state index < -0.39 is 35.9 Å². The molecule has 0 saturated carbocycles. The number of unbranched alkanes of at least 4 members (excludes halogenated alkanes) is 5. The fraction of sp³-hybridized carbons (Fsp3) is 0.857. The standard InChI is InChI=1S/C14H22O8/c1-2-3-4-5-6-7-8-13(19-20-13)14(21-22-14)10(12(17)18)9-11(15)16/h10H,2-9H2,1H3,(H,15,16)(H,17,18). The Morgan fingerprint density at radius 3 is 2.00 bits per heavy atom. The number of hydrogen-bond acceptors (Lipinski definition) is 6.